The van der Waals surface area contributed by atoms with Crippen LogP contribution in [0.4, 0.5) is 5.69 Å². The molecule has 0 aliphatic carbocycles. The number of nitrogens with zero attached hydrogens (tertiary/aromatic N) is 2. The maximum absolute atomic E-state index is 12.1. The predicted molar refractivity (Wildman–Crippen MR) is 100 cm³/mol. The zero-order valence-corrected chi connectivity index (χ0v) is 14.9. The molecule has 1 amide bonds. The van der Waals surface area contributed by atoms with Crippen LogP contribution in [0.5, 0.6) is 5.75 Å². The van der Waals surface area contributed by atoms with Gasteiger partial charge in [0.2, 0.25) is 5.91 Å². The number of anilines is 1. The summed E-state index contributed by atoms with van der Waals surface area (Å²) >= 11 is 1.35. The van der Waals surface area contributed by atoms with Crippen LogP contribution in [0.2, 0.25) is 0 Å². The monoisotopic (exact) mass is 353 g/mol. The van der Waals surface area contributed by atoms with E-state index in [0.717, 1.165) is 10.8 Å². The number of phenolic OH excluding ortho intramolecular Hbond substituents is 1. The molecule has 0 aliphatic rings. The Morgan fingerprint density at radius 3 is 2.76 bits per heavy atom. The number of aromatic hydroxyl groups is 1. The molecule has 0 saturated heterocycles. The lowest BCUT2D eigenvalue weighted by Gasteiger charge is -2.10. The summed E-state index contributed by atoms with van der Waals surface area (Å²) in [5, 5.41) is 13.2. The Kier molecular flexibility index (Phi) is 5.09. The lowest BCUT2D eigenvalue weighted by molar-refractivity contribution is -0.113. The molecule has 0 spiro atoms. The molecule has 128 valence electrons. The zero-order chi connectivity index (χ0) is 17.8. The number of rotatable bonds is 5. The highest BCUT2D eigenvalue weighted by atomic mass is 32.2. The molecule has 0 saturated carbocycles. The fraction of sp³-hybridized carbons (Fsp3) is 0.158. The first-order chi connectivity index (χ1) is 12.0. The van der Waals surface area contributed by atoms with E-state index in [9.17, 15) is 9.90 Å². The number of carbonyl (C=O) groups is 1. The van der Waals surface area contributed by atoms with Gasteiger partial charge in [-0.2, -0.15) is 0 Å². The van der Waals surface area contributed by atoms with Crippen LogP contribution in [0.25, 0.3) is 5.69 Å². The SMILES string of the molecule is Cc1ccc(-n2ccnc2SCC(=O)Nc2ccccc2O)cc1C. The summed E-state index contributed by atoms with van der Waals surface area (Å²) in [5.41, 5.74) is 3.87. The highest BCUT2D eigenvalue weighted by molar-refractivity contribution is 7.99. The van der Waals surface area contributed by atoms with E-state index in [0.29, 0.717) is 5.69 Å². The van der Waals surface area contributed by atoms with Gasteiger partial charge >= 0.3 is 0 Å². The predicted octanol–water partition coefficient (Wildman–Crippen LogP) is 3.93. The van der Waals surface area contributed by atoms with Crippen molar-refractivity contribution >= 4 is 23.4 Å². The van der Waals surface area contributed by atoms with E-state index in [2.05, 4.69) is 36.3 Å². The van der Waals surface area contributed by atoms with Crippen molar-refractivity contribution in [3.8, 4) is 11.4 Å². The van der Waals surface area contributed by atoms with Gasteiger partial charge in [-0.1, -0.05) is 30.0 Å². The second-order valence-electron chi connectivity index (χ2n) is 5.70. The molecule has 6 heteroatoms. The van der Waals surface area contributed by atoms with Gasteiger partial charge in [-0.15, -0.1) is 0 Å². The van der Waals surface area contributed by atoms with Crippen molar-refractivity contribution < 1.29 is 9.90 Å². The van der Waals surface area contributed by atoms with Crippen molar-refractivity contribution in [3.63, 3.8) is 0 Å². The highest BCUT2D eigenvalue weighted by Gasteiger charge is 2.11. The molecule has 0 aliphatic heterocycles. The van der Waals surface area contributed by atoms with E-state index in [1.165, 1.54) is 29.0 Å². The van der Waals surface area contributed by atoms with Crippen LogP contribution in [-0.2, 0) is 4.79 Å². The van der Waals surface area contributed by atoms with Crippen molar-refractivity contribution in [3.05, 3.63) is 66.0 Å². The van der Waals surface area contributed by atoms with E-state index in [-0.39, 0.29) is 17.4 Å². The number of phenols is 1. The summed E-state index contributed by atoms with van der Waals surface area (Å²) in [7, 11) is 0. The lowest BCUT2D eigenvalue weighted by Crippen LogP contribution is -2.14. The Hall–Kier alpha value is -2.73. The first kappa shape index (κ1) is 17.1. The highest BCUT2D eigenvalue weighted by Crippen LogP contribution is 2.24. The van der Waals surface area contributed by atoms with Crippen LogP contribution in [-0.4, -0.2) is 26.3 Å². The van der Waals surface area contributed by atoms with Crippen molar-refractivity contribution in [1.82, 2.24) is 9.55 Å². The summed E-state index contributed by atoms with van der Waals surface area (Å²) in [6.45, 7) is 4.15. The van der Waals surface area contributed by atoms with Gasteiger partial charge in [0.25, 0.3) is 0 Å². The second kappa shape index (κ2) is 7.44. The average molecular weight is 353 g/mol. The van der Waals surface area contributed by atoms with Crippen LogP contribution in [0.3, 0.4) is 0 Å². The molecule has 1 aromatic heterocycles. The number of aryl methyl sites for hydroxylation is 2. The van der Waals surface area contributed by atoms with E-state index in [1.807, 2.05) is 16.8 Å². The minimum absolute atomic E-state index is 0.0532. The van der Waals surface area contributed by atoms with Gasteiger partial charge in [0.05, 0.1) is 11.4 Å². The standard InChI is InChI=1S/C19H19N3O2S/c1-13-7-8-15(11-14(13)2)22-10-9-20-19(22)25-12-18(24)21-16-5-3-4-6-17(16)23/h3-11,23H,12H2,1-2H3,(H,21,24). The molecule has 0 radical (unpaired) electrons. The third-order valence-corrected chi connectivity index (χ3v) is 4.85. The molecular formula is C19H19N3O2S. The van der Waals surface area contributed by atoms with Gasteiger partial charge in [-0.3, -0.25) is 9.36 Å². The smallest absolute Gasteiger partial charge is 0.234 e. The van der Waals surface area contributed by atoms with Crippen LogP contribution in [0.1, 0.15) is 11.1 Å². The molecule has 25 heavy (non-hydrogen) atoms. The maximum Gasteiger partial charge on any atom is 0.234 e. The Labute approximate surface area is 150 Å². The van der Waals surface area contributed by atoms with E-state index >= 15 is 0 Å². The minimum atomic E-state index is -0.193. The van der Waals surface area contributed by atoms with Gasteiger partial charge in [0, 0.05) is 18.1 Å². The number of nitrogens with one attached hydrogen (secondary N) is 1. The number of imidazole rings is 1. The van der Waals surface area contributed by atoms with Crippen LogP contribution < -0.4 is 5.32 Å². The molecule has 1 heterocycles. The Morgan fingerprint density at radius 1 is 1.20 bits per heavy atom. The van der Waals surface area contributed by atoms with Crippen molar-refractivity contribution in [2.24, 2.45) is 0 Å². The fourth-order valence-corrected chi connectivity index (χ4v) is 3.14. The molecule has 5 nitrogen and oxygen atoms in total. The molecule has 0 atom stereocenters. The number of amides is 1. The number of hydrogen-bond donors (Lipinski definition) is 2. The van der Waals surface area contributed by atoms with Gasteiger partial charge in [0.15, 0.2) is 5.16 Å². The van der Waals surface area contributed by atoms with Crippen molar-refractivity contribution in [2.45, 2.75) is 19.0 Å². The van der Waals surface area contributed by atoms with Crippen LogP contribution in [0, 0.1) is 13.8 Å². The molecule has 2 aromatic carbocycles. The summed E-state index contributed by atoms with van der Waals surface area (Å²) in [4.78, 5) is 16.5. The Bertz CT molecular complexity index is 905. The number of aromatic nitrogens is 2. The number of hydrogen-bond acceptors (Lipinski definition) is 4. The van der Waals surface area contributed by atoms with E-state index in [1.54, 1.807) is 24.4 Å². The average Bonchev–Trinajstić information content (AvgIpc) is 3.06. The second-order valence-corrected chi connectivity index (χ2v) is 6.64. The normalized spacial score (nSPS) is 10.6. The van der Waals surface area contributed by atoms with Gasteiger partial charge < -0.3 is 10.4 Å². The molecule has 0 fully saturated rings. The fourth-order valence-electron chi connectivity index (χ4n) is 2.36. The summed E-state index contributed by atoms with van der Waals surface area (Å²) in [6.07, 6.45) is 3.60. The first-order valence-corrected chi connectivity index (χ1v) is 8.85. The number of carbonyl (C=O) groups excluding carboxylic acids is 1. The first-order valence-electron chi connectivity index (χ1n) is 7.86. The summed E-state index contributed by atoms with van der Waals surface area (Å²) < 4.78 is 1.96. The summed E-state index contributed by atoms with van der Waals surface area (Å²) in [5.74, 6) is 0.0644. The Balaban J connectivity index is 1.68. The third kappa shape index (κ3) is 4.03. The molecule has 3 aromatic rings. The summed E-state index contributed by atoms with van der Waals surface area (Å²) in [6, 6.07) is 12.9. The zero-order valence-electron chi connectivity index (χ0n) is 14.1. The molecule has 3 rings (SSSR count). The number of thioether (sulfide) groups is 1. The Morgan fingerprint density at radius 2 is 2.00 bits per heavy atom. The molecule has 0 bridgehead atoms. The third-order valence-electron chi connectivity index (χ3n) is 3.89. The lowest BCUT2D eigenvalue weighted by atomic mass is 10.1. The molecule has 2 N–H and O–H groups in total. The topological polar surface area (TPSA) is 67.2 Å². The quantitative estimate of drug-likeness (QED) is 0.539. The van der Waals surface area contributed by atoms with Crippen LogP contribution in [0.15, 0.2) is 60.0 Å². The maximum atomic E-state index is 12.1. The van der Waals surface area contributed by atoms with Crippen LogP contribution >= 0.6 is 11.8 Å². The number of para-hydroxylation sites is 2. The van der Waals surface area contributed by atoms with Gasteiger partial charge in [0.1, 0.15) is 5.75 Å². The van der Waals surface area contributed by atoms with Gasteiger partial charge in [-0.05, 0) is 49.2 Å². The van der Waals surface area contributed by atoms with E-state index in [4.69, 9.17) is 0 Å². The number of benzene rings is 2. The van der Waals surface area contributed by atoms with Gasteiger partial charge in [-0.25, -0.2) is 4.98 Å². The molecule has 0 unspecified atom stereocenters. The van der Waals surface area contributed by atoms with Crippen molar-refractivity contribution in [1.29, 1.82) is 0 Å². The van der Waals surface area contributed by atoms with Crippen molar-refractivity contribution in [2.75, 3.05) is 11.1 Å². The largest absolute Gasteiger partial charge is 0.506 e. The molecular weight excluding hydrogens is 334 g/mol. The minimum Gasteiger partial charge on any atom is -0.506 e. The van der Waals surface area contributed by atoms with E-state index < -0.39 is 0 Å².